The number of fused-ring (bicyclic) bond motifs is 1. The Morgan fingerprint density at radius 2 is 2.29 bits per heavy atom. The molecule has 0 aromatic carbocycles. The first kappa shape index (κ1) is 9.48. The van der Waals surface area contributed by atoms with Crippen molar-refractivity contribution in [1.82, 2.24) is 9.55 Å². The molecule has 0 saturated heterocycles. The fourth-order valence-electron chi connectivity index (χ4n) is 1.59. The maximum Gasteiger partial charge on any atom is 0.350 e. The number of rotatable bonds is 0. The van der Waals surface area contributed by atoms with Crippen LogP contribution in [0.4, 0.5) is 5.82 Å². The lowest BCUT2D eigenvalue weighted by Crippen LogP contribution is -2.46. The van der Waals surface area contributed by atoms with Crippen molar-refractivity contribution in [2.45, 2.75) is 25.9 Å². The minimum atomic E-state index is -0.353. The van der Waals surface area contributed by atoms with Crippen molar-refractivity contribution >= 4 is 17.4 Å². The van der Waals surface area contributed by atoms with Crippen LogP contribution < -0.4 is 16.5 Å². The van der Waals surface area contributed by atoms with Crippen LogP contribution in [0.1, 0.15) is 13.8 Å². The molecule has 0 aliphatic carbocycles. The number of halogens is 1. The number of hydrogen-bond donors (Lipinski definition) is 1. The average molecular weight is 215 g/mol. The lowest BCUT2D eigenvalue weighted by Gasteiger charge is -2.27. The van der Waals surface area contributed by atoms with E-state index in [1.165, 1.54) is 4.57 Å². The third-order valence-corrected chi connectivity index (χ3v) is 2.60. The first-order chi connectivity index (χ1) is 6.42. The fraction of sp³-hybridized carbons (Fsp3) is 0.500. The predicted molar refractivity (Wildman–Crippen MR) is 54.3 cm³/mol. The minimum Gasteiger partial charge on any atom is -0.289 e. The third kappa shape index (κ3) is 1.20. The van der Waals surface area contributed by atoms with Gasteiger partial charge in [0.15, 0.2) is 0 Å². The molecule has 0 fully saturated rings. The lowest BCUT2D eigenvalue weighted by atomic mass is 10.1. The highest BCUT2D eigenvalue weighted by molar-refractivity contribution is 6.29. The largest absolute Gasteiger partial charge is 0.350 e. The third-order valence-electron chi connectivity index (χ3n) is 2.40. The van der Waals surface area contributed by atoms with E-state index in [0.29, 0.717) is 12.4 Å². The first-order valence-electron chi connectivity index (χ1n) is 4.24. The molecule has 2 N–H and O–H groups in total. The second kappa shape index (κ2) is 2.71. The van der Waals surface area contributed by atoms with Gasteiger partial charge in [-0.15, -0.1) is 0 Å². The number of anilines is 1. The summed E-state index contributed by atoms with van der Waals surface area (Å²) in [5.41, 5.74) is -0.632. The number of hydrogen-bond acceptors (Lipinski definition) is 4. The van der Waals surface area contributed by atoms with Crippen LogP contribution in [0.15, 0.2) is 10.9 Å². The van der Waals surface area contributed by atoms with Gasteiger partial charge in [-0.1, -0.05) is 11.6 Å². The molecule has 0 unspecified atom stereocenters. The quantitative estimate of drug-likeness (QED) is 0.501. The molecular formula is C8H11ClN4O. The average Bonchev–Trinajstić information content (AvgIpc) is 2.28. The van der Waals surface area contributed by atoms with Crippen LogP contribution in [0.2, 0.25) is 5.15 Å². The Hall–Kier alpha value is -1.07. The molecule has 6 heteroatoms. The molecule has 14 heavy (non-hydrogen) atoms. The van der Waals surface area contributed by atoms with Gasteiger partial charge in [-0.25, -0.2) is 10.6 Å². The van der Waals surface area contributed by atoms with E-state index in [0.717, 1.165) is 0 Å². The molecule has 1 aliphatic heterocycles. The van der Waals surface area contributed by atoms with Gasteiger partial charge in [0, 0.05) is 6.07 Å². The van der Waals surface area contributed by atoms with Crippen molar-refractivity contribution in [3.05, 3.63) is 21.7 Å². The zero-order chi connectivity index (χ0) is 10.5. The van der Waals surface area contributed by atoms with Gasteiger partial charge in [-0.05, 0) is 13.8 Å². The molecule has 0 atom stereocenters. The number of hydrazine groups is 1. The molecule has 2 rings (SSSR count). The van der Waals surface area contributed by atoms with Crippen molar-refractivity contribution in [1.29, 1.82) is 0 Å². The Kier molecular flexibility index (Phi) is 1.84. The van der Waals surface area contributed by atoms with E-state index in [-0.39, 0.29) is 16.4 Å². The summed E-state index contributed by atoms with van der Waals surface area (Å²) >= 11 is 5.68. The number of nitrogens with zero attached hydrogens (tertiary/aromatic N) is 3. The van der Waals surface area contributed by atoms with Crippen LogP contribution in [-0.4, -0.2) is 15.1 Å². The molecule has 1 aliphatic rings. The first-order valence-corrected chi connectivity index (χ1v) is 4.62. The molecule has 0 amide bonds. The van der Waals surface area contributed by atoms with Crippen LogP contribution in [0, 0.1) is 0 Å². The highest BCUT2D eigenvalue weighted by Gasteiger charge is 2.35. The van der Waals surface area contributed by atoms with Crippen molar-refractivity contribution in [2.24, 2.45) is 5.84 Å². The molecule has 2 heterocycles. The van der Waals surface area contributed by atoms with Crippen molar-refractivity contribution < 1.29 is 0 Å². The standard InChI is InChI=1S/C8H11ClN4O/c1-8(2)4-12-6(13(8)10)3-5(9)11-7(12)14/h3H,4,10H2,1-2H3. The molecule has 1 aromatic rings. The van der Waals surface area contributed by atoms with Crippen LogP contribution in [0.25, 0.3) is 0 Å². The van der Waals surface area contributed by atoms with E-state index in [1.807, 2.05) is 13.8 Å². The topological polar surface area (TPSA) is 64.2 Å². The Morgan fingerprint density at radius 3 is 2.93 bits per heavy atom. The van der Waals surface area contributed by atoms with Crippen molar-refractivity contribution in [2.75, 3.05) is 5.01 Å². The highest BCUT2D eigenvalue weighted by Crippen LogP contribution is 2.29. The maximum absolute atomic E-state index is 11.5. The molecule has 76 valence electrons. The van der Waals surface area contributed by atoms with Crippen molar-refractivity contribution in [3.63, 3.8) is 0 Å². The zero-order valence-corrected chi connectivity index (χ0v) is 8.75. The molecule has 0 spiro atoms. The monoisotopic (exact) mass is 214 g/mol. The normalized spacial score (nSPS) is 18.4. The second-order valence-corrected chi connectivity index (χ2v) is 4.38. The molecule has 0 radical (unpaired) electrons. The van der Waals surface area contributed by atoms with Gasteiger partial charge in [0.1, 0.15) is 11.0 Å². The van der Waals surface area contributed by atoms with E-state index in [2.05, 4.69) is 4.98 Å². The molecule has 1 aromatic heterocycles. The van der Waals surface area contributed by atoms with Gasteiger partial charge >= 0.3 is 5.69 Å². The summed E-state index contributed by atoms with van der Waals surface area (Å²) < 4.78 is 1.52. The second-order valence-electron chi connectivity index (χ2n) is 3.99. The van der Waals surface area contributed by atoms with Crippen LogP contribution in [0.3, 0.4) is 0 Å². The Morgan fingerprint density at radius 1 is 1.64 bits per heavy atom. The van der Waals surface area contributed by atoms with E-state index < -0.39 is 0 Å². The summed E-state index contributed by atoms with van der Waals surface area (Å²) in [5.74, 6) is 6.46. The van der Waals surface area contributed by atoms with Gasteiger partial charge < -0.3 is 0 Å². The molecule has 0 bridgehead atoms. The van der Waals surface area contributed by atoms with Gasteiger partial charge in [-0.2, -0.15) is 4.98 Å². The summed E-state index contributed by atoms with van der Waals surface area (Å²) in [4.78, 5) is 15.1. The van der Waals surface area contributed by atoms with Crippen LogP contribution >= 0.6 is 11.6 Å². The highest BCUT2D eigenvalue weighted by atomic mass is 35.5. The Bertz CT molecular complexity index is 439. The van der Waals surface area contributed by atoms with E-state index >= 15 is 0 Å². The van der Waals surface area contributed by atoms with Crippen molar-refractivity contribution in [3.8, 4) is 0 Å². The summed E-state index contributed by atoms with van der Waals surface area (Å²) in [6.45, 7) is 4.43. The molecular weight excluding hydrogens is 204 g/mol. The number of aromatic nitrogens is 2. The Balaban J connectivity index is 2.65. The van der Waals surface area contributed by atoms with E-state index in [9.17, 15) is 4.79 Å². The van der Waals surface area contributed by atoms with Gasteiger partial charge in [0.25, 0.3) is 0 Å². The summed E-state index contributed by atoms with van der Waals surface area (Å²) in [5, 5.41) is 1.72. The number of nitrogens with two attached hydrogens (primary N) is 1. The van der Waals surface area contributed by atoms with Gasteiger partial charge in [0.2, 0.25) is 0 Å². The van der Waals surface area contributed by atoms with E-state index in [4.69, 9.17) is 17.4 Å². The van der Waals surface area contributed by atoms with Crippen LogP contribution in [-0.2, 0) is 6.54 Å². The van der Waals surface area contributed by atoms with E-state index in [1.54, 1.807) is 11.1 Å². The lowest BCUT2D eigenvalue weighted by molar-refractivity contribution is 0.452. The fourth-order valence-corrected chi connectivity index (χ4v) is 1.76. The molecule has 0 saturated carbocycles. The predicted octanol–water partition coefficient (Wildman–Crippen LogP) is 0.369. The summed E-state index contributed by atoms with van der Waals surface area (Å²) in [6.07, 6.45) is 0. The SMILES string of the molecule is CC1(C)Cn2c(cc(Cl)nc2=O)N1N. The zero-order valence-electron chi connectivity index (χ0n) is 7.99. The molecule has 5 nitrogen and oxygen atoms in total. The maximum atomic E-state index is 11.5. The van der Waals surface area contributed by atoms with Crippen LogP contribution in [0.5, 0.6) is 0 Å². The van der Waals surface area contributed by atoms with Gasteiger partial charge in [0.05, 0.1) is 12.1 Å². The minimum absolute atomic E-state index is 0.175. The van der Waals surface area contributed by atoms with Gasteiger partial charge in [-0.3, -0.25) is 9.58 Å². The summed E-state index contributed by atoms with van der Waals surface area (Å²) in [7, 11) is 0. The smallest absolute Gasteiger partial charge is 0.289 e. The summed E-state index contributed by atoms with van der Waals surface area (Å²) in [6, 6.07) is 1.59. The Labute approximate surface area is 86.1 Å².